The Morgan fingerprint density at radius 2 is 1.62 bits per heavy atom. The van der Waals surface area contributed by atoms with Gasteiger partial charge in [0.25, 0.3) is 11.8 Å². The highest BCUT2D eigenvalue weighted by Gasteiger charge is 2.20. The van der Waals surface area contributed by atoms with Crippen molar-refractivity contribution in [2.75, 3.05) is 14.2 Å². The van der Waals surface area contributed by atoms with Gasteiger partial charge >= 0.3 is 0 Å². The Morgan fingerprint density at radius 1 is 1.03 bits per heavy atom. The minimum Gasteiger partial charge on any atom is -0.497 e. The van der Waals surface area contributed by atoms with Crippen LogP contribution in [0.5, 0.6) is 5.75 Å². The van der Waals surface area contributed by atoms with E-state index in [-0.39, 0.29) is 17.2 Å². The lowest BCUT2D eigenvalue weighted by molar-refractivity contribution is 0.0938. The summed E-state index contributed by atoms with van der Waals surface area (Å²) in [7, 11) is 3.04. The van der Waals surface area contributed by atoms with Crippen molar-refractivity contribution in [3.05, 3.63) is 63.6 Å². The van der Waals surface area contributed by atoms with Crippen LogP contribution >= 0.6 is 0 Å². The van der Waals surface area contributed by atoms with Gasteiger partial charge in [-0.1, -0.05) is 26.0 Å². The number of nitrogens with zero attached hydrogens (tertiary/aromatic N) is 1. The van der Waals surface area contributed by atoms with E-state index in [0.717, 1.165) is 17.7 Å². The van der Waals surface area contributed by atoms with Crippen LogP contribution in [0.15, 0.2) is 41.5 Å². The van der Waals surface area contributed by atoms with Gasteiger partial charge in [-0.25, -0.2) is 0 Å². The second-order valence-corrected chi connectivity index (χ2v) is 7.38. The summed E-state index contributed by atoms with van der Waals surface area (Å²) in [5.41, 5.74) is 0.211. The first-order valence-electron chi connectivity index (χ1n) is 9.67. The van der Waals surface area contributed by atoms with E-state index in [0.29, 0.717) is 12.5 Å². The second kappa shape index (κ2) is 9.91. The van der Waals surface area contributed by atoms with Crippen molar-refractivity contribution in [3.8, 4) is 5.75 Å². The third-order valence-electron chi connectivity index (χ3n) is 4.72. The summed E-state index contributed by atoms with van der Waals surface area (Å²) in [5.74, 6) is 0.150. The molecule has 0 unspecified atom stereocenters. The van der Waals surface area contributed by atoms with Crippen LogP contribution in [0.1, 0.15) is 59.5 Å². The fraction of sp³-hybridized carbons (Fsp3) is 0.409. The summed E-state index contributed by atoms with van der Waals surface area (Å²) in [6.07, 6.45) is 3.89. The number of rotatable bonds is 8. The molecule has 7 heteroatoms. The molecule has 1 heterocycles. The van der Waals surface area contributed by atoms with Crippen LogP contribution < -0.4 is 20.8 Å². The van der Waals surface area contributed by atoms with Crippen LogP contribution in [0.4, 0.5) is 0 Å². The number of carbonyl (C=O) groups excluding carboxylic acids is 2. The number of ether oxygens (including phenoxy) is 1. The third kappa shape index (κ3) is 5.70. The largest absolute Gasteiger partial charge is 0.497 e. The predicted molar refractivity (Wildman–Crippen MR) is 112 cm³/mol. The molecule has 2 rings (SSSR count). The molecule has 0 saturated carbocycles. The Kier molecular flexibility index (Phi) is 7.59. The van der Waals surface area contributed by atoms with Crippen molar-refractivity contribution >= 4 is 11.8 Å². The van der Waals surface area contributed by atoms with E-state index in [2.05, 4.69) is 24.5 Å². The topological polar surface area (TPSA) is 89.4 Å². The number of amides is 2. The average Bonchev–Trinajstić information content (AvgIpc) is 2.72. The number of aromatic nitrogens is 1. The summed E-state index contributed by atoms with van der Waals surface area (Å²) in [4.78, 5) is 37.7. The van der Waals surface area contributed by atoms with Crippen molar-refractivity contribution < 1.29 is 14.3 Å². The number of aryl methyl sites for hydroxylation is 1. The molecule has 0 aliphatic carbocycles. The van der Waals surface area contributed by atoms with E-state index < -0.39 is 17.2 Å². The monoisotopic (exact) mass is 399 g/mol. The van der Waals surface area contributed by atoms with Gasteiger partial charge < -0.3 is 19.9 Å². The highest BCUT2D eigenvalue weighted by Crippen LogP contribution is 2.17. The third-order valence-corrected chi connectivity index (χ3v) is 4.72. The van der Waals surface area contributed by atoms with Gasteiger partial charge in [0.15, 0.2) is 0 Å². The van der Waals surface area contributed by atoms with E-state index in [1.165, 1.54) is 19.4 Å². The lowest BCUT2D eigenvalue weighted by Gasteiger charge is -2.16. The lowest BCUT2D eigenvalue weighted by atomic mass is 10.1. The molecule has 29 heavy (non-hydrogen) atoms. The van der Waals surface area contributed by atoms with Gasteiger partial charge in [-0.3, -0.25) is 14.4 Å². The zero-order valence-electron chi connectivity index (χ0n) is 17.6. The zero-order valence-corrected chi connectivity index (χ0v) is 17.6. The van der Waals surface area contributed by atoms with Gasteiger partial charge in [-0.15, -0.1) is 0 Å². The lowest BCUT2D eigenvalue weighted by Crippen LogP contribution is -2.35. The molecule has 0 radical (unpaired) electrons. The van der Waals surface area contributed by atoms with Crippen LogP contribution in [0, 0.1) is 5.92 Å². The molecule has 7 nitrogen and oxygen atoms in total. The van der Waals surface area contributed by atoms with Crippen LogP contribution in [0.3, 0.4) is 0 Å². The van der Waals surface area contributed by atoms with Crippen molar-refractivity contribution in [2.45, 2.75) is 39.8 Å². The molecule has 0 bridgehead atoms. The summed E-state index contributed by atoms with van der Waals surface area (Å²) in [5, 5.41) is 5.30. The number of carbonyl (C=O) groups is 2. The van der Waals surface area contributed by atoms with Gasteiger partial charge in [-0.05, 0) is 37.0 Å². The molecule has 2 N–H and O–H groups in total. The van der Waals surface area contributed by atoms with Crippen LogP contribution in [-0.4, -0.2) is 30.5 Å². The first-order chi connectivity index (χ1) is 13.8. The SMILES string of the molecule is CNC(=O)c1cn(CCC(C)C)cc(C(=O)N[C@H](C)c2ccc(OC)cc2)c1=O. The average molecular weight is 399 g/mol. The predicted octanol–water partition coefficient (Wildman–Crippen LogP) is 2.75. The molecular weight excluding hydrogens is 370 g/mol. The van der Waals surface area contributed by atoms with E-state index in [9.17, 15) is 14.4 Å². The molecule has 1 aromatic heterocycles. The molecule has 1 aromatic carbocycles. The zero-order chi connectivity index (χ0) is 21.6. The molecule has 2 amide bonds. The maximum absolute atomic E-state index is 12.8. The minimum absolute atomic E-state index is 0.0407. The molecule has 156 valence electrons. The number of benzene rings is 1. The highest BCUT2D eigenvalue weighted by molar-refractivity contribution is 5.99. The van der Waals surface area contributed by atoms with Crippen LogP contribution in [0.2, 0.25) is 0 Å². The smallest absolute Gasteiger partial charge is 0.257 e. The molecule has 1 atom stereocenters. The Bertz CT molecular complexity index is 917. The standard InChI is InChI=1S/C22H29N3O4/c1-14(2)10-11-25-12-18(21(27)23-4)20(26)19(13-25)22(28)24-15(3)16-6-8-17(29-5)9-7-16/h6-9,12-15H,10-11H2,1-5H3,(H,23,27)(H,24,28)/t15-/m1/s1. The Hall–Kier alpha value is -3.09. The quantitative estimate of drug-likeness (QED) is 0.714. The Morgan fingerprint density at radius 3 is 2.14 bits per heavy atom. The summed E-state index contributed by atoms with van der Waals surface area (Å²) >= 11 is 0. The number of hydrogen-bond acceptors (Lipinski definition) is 4. The van der Waals surface area contributed by atoms with Crippen molar-refractivity contribution in [3.63, 3.8) is 0 Å². The normalized spacial score (nSPS) is 11.8. The van der Waals surface area contributed by atoms with Crippen molar-refractivity contribution in [1.82, 2.24) is 15.2 Å². The first-order valence-corrected chi connectivity index (χ1v) is 9.67. The number of nitrogens with one attached hydrogen (secondary N) is 2. The first kappa shape index (κ1) is 22.2. The van der Waals surface area contributed by atoms with Crippen molar-refractivity contribution in [2.24, 2.45) is 5.92 Å². The minimum atomic E-state index is -0.579. The molecular formula is C22H29N3O4. The maximum atomic E-state index is 12.8. The van der Waals surface area contributed by atoms with Crippen LogP contribution in [-0.2, 0) is 6.54 Å². The molecule has 0 spiro atoms. The van der Waals surface area contributed by atoms with Gasteiger partial charge in [-0.2, -0.15) is 0 Å². The van der Waals surface area contributed by atoms with E-state index in [1.807, 2.05) is 31.2 Å². The molecule has 0 aliphatic rings. The fourth-order valence-corrected chi connectivity index (χ4v) is 2.88. The summed E-state index contributed by atoms with van der Waals surface area (Å²) < 4.78 is 6.88. The Balaban J connectivity index is 2.31. The number of hydrogen-bond donors (Lipinski definition) is 2. The molecule has 0 fully saturated rings. The number of pyridine rings is 1. The molecule has 0 aliphatic heterocycles. The maximum Gasteiger partial charge on any atom is 0.257 e. The summed E-state index contributed by atoms with van der Waals surface area (Å²) in [6.45, 7) is 6.62. The number of methoxy groups -OCH3 is 1. The van der Waals surface area contributed by atoms with E-state index in [1.54, 1.807) is 11.7 Å². The van der Waals surface area contributed by atoms with E-state index >= 15 is 0 Å². The van der Waals surface area contributed by atoms with E-state index in [4.69, 9.17) is 4.74 Å². The Labute approximate surface area is 171 Å². The summed E-state index contributed by atoms with van der Waals surface area (Å²) in [6, 6.07) is 7.00. The molecule has 0 saturated heterocycles. The van der Waals surface area contributed by atoms with Gasteiger partial charge in [0.1, 0.15) is 16.9 Å². The van der Waals surface area contributed by atoms with Crippen LogP contribution in [0.25, 0.3) is 0 Å². The van der Waals surface area contributed by atoms with Crippen molar-refractivity contribution in [1.29, 1.82) is 0 Å². The van der Waals surface area contributed by atoms with Gasteiger partial charge in [0.05, 0.1) is 13.2 Å². The van der Waals surface area contributed by atoms with Gasteiger partial charge in [0.2, 0.25) is 5.43 Å². The molecule has 2 aromatic rings. The van der Waals surface area contributed by atoms with Gasteiger partial charge in [0, 0.05) is 26.0 Å². The fourth-order valence-electron chi connectivity index (χ4n) is 2.88. The highest BCUT2D eigenvalue weighted by atomic mass is 16.5. The second-order valence-electron chi connectivity index (χ2n) is 7.38.